The van der Waals surface area contributed by atoms with Crippen LogP contribution in [0.5, 0.6) is 0 Å². The first-order chi connectivity index (χ1) is 45.0. The Hall–Kier alpha value is -7.96. The maximum absolute atomic E-state index is 16.0. The molecule has 6 aromatic rings. The Kier molecular flexibility index (Phi) is 31.6. The van der Waals surface area contributed by atoms with Crippen molar-refractivity contribution in [2.45, 2.75) is 172 Å². The van der Waals surface area contributed by atoms with Crippen molar-refractivity contribution in [2.24, 2.45) is 17.6 Å². The molecule has 0 aliphatic carbocycles. The van der Waals surface area contributed by atoms with Gasteiger partial charge in [0.1, 0.15) is 29.3 Å². The molecule has 4 atom stereocenters. The van der Waals surface area contributed by atoms with E-state index in [1.165, 1.54) is 59.4 Å². The van der Waals surface area contributed by atoms with Gasteiger partial charge in [0.05, 0.1) is 43.2 Å². The summed E-state index contributed by atoms with van der Waals surface area (Å²) in [6.07, 6.45) is -6.28. The fourth-order valence-corrected chi connectivity index (χ4v) is 11.6. The Morgan fingerprint density at radius 1 is 0.531 bits per heavy atom. The minimum Gasteiger partial charge on any atom is -0.480 e. The number of aliphatic carboxylic acids is 1. The number of aromatic nitrogens is 2. The average Bonchev–Trinajstić information content (AvgIpc) is 0.776. The van der Waals surface area contributed by atoms with E-state index < -0.39 is 125 Å². The van der Waals surface area contributed by atoms with Crippen LogP contribution in [0.3, 0.4) is 0 Å². The molecule has 0 radical (unpaired) electrons. The number of ether oxygens (including phenoxy) is 2. The van der Waals surface area contributed by atoms with Crippen LogP contribution in [0.1, 0.15) is 172 Å². The molecular weight excluding hydrogens is 1290 g/mol. The van der Waals surface area contributed by atoms with Crippen molar-refractivity contribution in [3.63, 3.8) is 0 Å². The molecule has 0 amide bonds. The molecule has 0 fully saturated rings. The van der Waals surface area contributed by atoms with E-state index in [0.717, 1.165) is 24.1 Å². The third-order valence-corrected chi connectivity index (χ3v) is 16.1. The molecule has 0 aliphatic heterocycles. The number of nitrogens with zero attached hydrogens (tertiary/aromatic N) is 4. The van der Waals surface area contributed by atoms with E-state index in [9.17, 15) is 73.4 Å². The van der Waals surface area contributed by atoms with E-state index in [0.29, 0.717) is 70.5 Å². The van der Waals surface area contributed by atoms with Crippen molar-refractivity contribution in [3.8, 4) is 22.3 Å². The Morgan fingerprint density at radius 3 is 1.24 bits per heavy atom. The molecule has 0 saturated heterocycles. The second-order valence-electron chi connectivity index (χ2n) is 25.9. The molecule has 6 rings (SSSR count). The van der Waals surface area contributed by atoms with Crippen molar-refractivity contribution < 1.29 is 77.7 Å². The second kappa shape index (κ2) is 36.7. The number of benzene rings is 4. The maximum Gasteiger partial charge on any atom is 0.419 e. The quantitative estimate of drug-likeness (QED) is 0.0388. The molecule has 2 aromatic heterocycles. The van der Waals surface area contributed by atoms with Crippen molar-refractivity contribution >= 4 is 23.7 Å². The number of carboxylic acid groups (broad SMARTS) is 1. The standard InChI is InChI=1S/C37H45F5N2O4.C20H20F5NO2.C16H26N2O3.CH4/c1-9-48-33(46)19-26(18-32(45)31(12-21(2)3)44-20-25(10-11-43(7)8)13-24(6)36(44)47)29-16-27(17-30(35(29)39)37(40,41)42)34-22(4)14-28(38)15-23(34)5;1-4-28-17(27)9-16(26)14-7-12(8-15(19(14)22)20(23,24)25)18-10(2)5-13(21)6-11(18)3;1-11(2)8-14(16(20)21)18-10-13(6-7-17(4)5)9-12(3)15(18)19;/h13-17,20-21,26,31H,9-12,18-19H2,1-8H3;5-8,16H,4,9,26H2,1-3H3;9-11,14H,6-8H2,1-5H3,(H,20,21);1H4/t26-,31?;16-;;/m00../s1. The predicted octanol–water partition coefficient (Wildman–Crippen LogP) is 15.9. The molecular formula is C74H95F10N5O9. The molecule has 540 valence electrons. The second-order valence-corrected chi connectivity index (χ2v) is 25.9. The van der Waals surface area contributed by atoms with Gasteiger partial charge in [0, 0.05) is 60.6 Å². The number of carboxylic acids is 1. The van der Waals surface area contributed by atoms with Gasteiger partial charge in [0.2, 0.25) is 0 Å². The van der Waals surface area contributed by atoms with Crippen LogP contribution in [0.15, 0.2) is 82.6 Å². The third-order valence-electron chi connectivity index (χ3n) is 16.1. The van der Waals surface area contributed by atoms with Crippen LogP contribution < -0.4 is 16.9 Å². The molecule has 4 aromatic carbocycles. The smallest absolute Gasteiger partial charge is 0.419 e. The lowest BCUT2D eigenvalue weighted by molar-refractivity contribution is -0.144. The van der Waals surface area contributed by atoms with E-state index in [-0.39, 0.29) is 66.7 Å². The molecule has 2 unspecified atom stereocenters. The molecule has 24 heteroatoms. The zero-order valence-corrected chi connectivity index (χ0v) is 58.0. The molecule has 0 aliphatic rings. The van der Waals surface area contributed by atoms with Crippen molar-refractivity contribution in [1.82, 2.24) is 18.9 Å². The lowest BCUT2D eigenvalue weighted by Gasteiger charge is -2.26. The molecule has 14 nitrogen and oxygen atoms in total. The minimum atomic E-state index is -5.12. The molecule has 0 spiro atoms. The summed E-state index contributed by atoms with van der Waals surface area (Å²) in [5.74, 6) is -8.51. The number of halogens is 10. The molecule has 98 heavy (non-hydrogen) atoms. The summed E-state index contributed by atoms with van der Waals surface area (Å²) in [7, 11) is 7.80. The van der Waals surface area contributed by atoms with Gasteiger partial charge in [-0.25, -0.2) is 22.4 Å². The number of hydrogen-bond donors (Lipinski definition) is 2. The highest BCUT2D eigenvalue weighted by Gasteiger charge is 2.40. The Morgan fingerprint density at radius 2 is 0.888 bits per heavy atom. The number of pyridine rings is 2. The lowest BCUT2D eigenvalue weighted by atomic mass is 9.83. The van der Waals surface area contributed by atoms with E-state index in [1.54, 1.807) is 60.0 Å². The van der Waals surface area contributed by atoms with Gasteiger partial charge < -0.3 is 39.2 Å². The number of likely N-dealkylation sites (N-methyl/N-ethyl adjacent to an activating group) is 2. The molecule has 3 N–H and O–H groups in total. The van der Waals surface area contributed by atoms with Crippen LogP contribution in [0, 0.1) is 76.6 Å². The minimum absolute atomic E-state index is 0. The van der Waals surface area contributed by atoms with Gasteiger partial charge >= 0.3 is 30.3 Å². The van der Waals surface area contributed by atoms with Gasteiger partial charge in [-0.05, 0) is 243 Å². The number of Topliss-reactive ketones (excluding diaryl/α,β-unsaturated/α-hetero) is 1. The van der Waals surface area contributed by atoms with Gasteiger partial charge in [-0.15, -0.1) is 0 Å². The summed E-state index contributed by atoms with van der Waals surface area (Å²) in [5, 5.41) is 9.43. The summed E-state index contributed by atoms with van der Waals surface area (Å²) in [6, 6.07) is 8.87. The number of hydrogen-bond acceptors (Lipinski definition) is 11. The van der Waals surface area contributed by atoms with Crippen LogP contribution in [0.4, 0.5) is 43.9 Å². The zero-order chi connectivity index (χ0) is 73.5. The van der Waals surface area contributed by atoms with Crippen LogP contribution in [0.25, 0.3) is 22.3 Å². The van der Waals surface area contributed by atoms with Crippen LogP contribution in [-0.2, 0) is 53.8 Å². The van der Waals surface area contributed by atoms with E-state index in [4.69, 9.17) is 15.2 Å². The number of esters is 2. The molecule has 0 saturated carbocycles. The average molecular weight is 1390 g/mol. The van der Waals surface area contributed by atoms with Crippen LogP contribution >= 0.6 is 0 Å². The third kappa shape index (κ3) is 23.6. The van der Waals surface area contributed by atoms with Crippen LogP contribution in [0.2, 0.25) is 0 Å². The maximum atomic E-state index is 16.0. The first-order valence-corrected chi connectivity index (χ1v) is 31.9. The van der Waals surface area contributed by atoms with Gasteiger partial charge in [0.15, 0.2) is 5.78 Å². The van der Waals surface area contributed by atoms with E-state index >= 15 is 4.39 Å². The monoisotopic (exact) mass is 1390 g/mol. The number of rotatable bonds is 26. The van der Waals surface area contributed by atoms with Crippen molar-refractivity contribution in [2.75, 3.05) is 54.5 Å². The number of nitrogens with two attached hydrogens (primary N) is 1. The number of alkyl halides is 6. The normalized spacial score (nSPS) is 12.9. The number of carbonyl (C=O) groups is 4. The first kappa shape index (κ1) is 84.3. The van der Waals surface area contributed by atoms with E-state index in [1.807, 2.05) is 66.9 Å². The summed E-state index contributed by atoms with van der Waals surface area (Å²) < 4.78 is 154. The lowest BCUT2D eigenvalue weighted by Crippen LogP contribution is -2.33. The highest BCUT2D eigenvalue weighted by Crippen LogP contribution is 2.43. The highest BCUT2D eigenvalue weighted by atomic mass is 19.4. The van der Waals surface area contributed by atoms with Gasteiger partial charge in [-0.2, -0.15) is 26.3 Å². The number of carbonyl (C=O) groups excluding carboxylic acids is 3. The Labute approximate surface area is 568 Å². The fraction of sp³-hybridized carbons (Fsp3) is 0.486. The predicted molar refractivity (Wildman–Crippen MR) is 361 cm³/mol. The Bertz CT molecular complexity index is 3830. The number of ketones is 1. The fourth-order valence-electron chi connectivity index (χ4n) is 11.6. The van der Waals surface area contributed by atoms with Crippen molar-refractivity contribution in [1.29, 1.82) is 0 Å². The summed E-state index contributed by atoms with van der Waals surface area (Å²) in [5.41, 5.74) is 6.11. The molecule has 0 bridgehead atoms. The van der Waals surface area contributed by atoms with Gasteiger partial charge in [-0.1, -0.05) is 35.1 Å². The zero-order valence-electron chi connectivity index (χ0n) is 58.0. The number of aryl methyl sites for hydroxylation is 6. The SMILES string of the molecule is C.CCOC(=O)C[C@H](CC(=O)C(CC(C)C)n1cc(CCN(C)C)cc(C)c1=O)c1cc(-c2c(C)cc(F)cc2C)cc(C(F)(F)F)c1F.CCOC(=O)C[C@H](N)c1cc(-c2c(C)cc(F)cc2C)cc(C(F)(F)F)c1F.Cc1cc(CCN(C)C)cn(C(CC(C)C)C(=O)O)c1=O. The van der Waals surface area contributed by atoms with E-state index in [2.05, 4.69) is 4.90 Å². The first-order valence-electron chi connectivity index (χ1n) is 31.9. The topological polar surface area (TPSA) is 183 Å². The van der Waals surface area contributed by atoms with Gasteiger partial charge in [0.25, 0.3) is 11.1 Å². The summed E-state index contributed by atoms with van der Waals surface area (Å²) >= 11 is 0. The Balaban J connectivity index is 0.000000422. The van der Waals surface area contributed by atoms with Crippen LogP contribution in [-0.4, -0.2) is 102 Å². The largest absolute Gasteiger partial charge is 0.480 e. The summed E-state index contributed by atoms with van der Waals surface area (Å²) in [6.45, 7) is 21.9. The van der Waals surface area contributed by atoms with Crippen molar-refractivity contribution in [3.05, 3.63) is 184 Å². The molecule has 2 heterocycles. The van der Waals surface area contributed by atoms with Gasteiger partial charge in [-0.3, -0.25) is 24.0 Å². The highest BCUT2D eigenvalue weighted by molar-refractivity contribution is 5.85. The summed E-state index contributed by atoms with van der Waals surface area (Å²) in [4.78, 5) is 79.9.